The Balaban J connectivity index is 3.97. The van der Waals surface area contributed by atoms with Crippen LogP contribution in [0.2, 0.25) is 0 Å². The number of phosphoric acid groups is 1. The molecule has 0 aliphatic carbocycles. The number of phosphoric ester groups is 1. The molecule has 0 rings (SSSR count). The molecule has 0 saturated heterocycles. The summed E-state index contributed by atoms with van der Waals surface area (Å²) in [6.45, 7) is 5.88. The average molecular weight is 757 g/mol. The van der Waals surface area contributed by atoms with E-state index in [1.54, 1.807) is 6.08 Å². The number of unbranched alkanes of at least 4 members (excludes halogenated alkanes) is 21. The largest absolute Gasteiger partial charge is 0.469 e. The van der Waals surface area contributed by atoms with Crippen LogP contribution in [0.15, 0.2) is 24.3 Å². The average Bonchev–Trinajstić information content (AvgIpc) is 3.09. The lowest BCUT2D eigenvalue weighted by atomic mass is 10.0. The molecule has 0 aromatic carbocycles. The second-order valence-corrected chi connectivity index (χ2v) is 16.1. The van der Waals surface area contributed by atoms with Gasteiger partial charge in [-0.3, -0.25) is 18.9 Å². The van der Waals surface area contributed by atoms with E-state index in [-0.39, 0.29) is 25.2 Å². The Morgan fingerprint density at radius 1 is 0.596 bits per heavy atom. The summed E-state index contributed by atoms with van der Waals surface area (Å²) in [5, 5.41) is 0. The topological polar surface area (TPSA) is 136 Å². The van der Waals surface area contributed by atoms with Crippen molar-refractivity contribution in [3.05, 3.63) is 24.3 Å². The van der Waals surface area contributed by atoms with Gasteiger partial charge in [0.2, 0.25) is 0 Å². The fourth-order valence-corrected chi connectivity index (χ4v) is 6.31. The second kappa shape index (κ2) is 36.2. The first kappa shape index (κ1) is 50.2. The van der Waals surface area contributed by atoms with E-state index >= 15 is 0 Å². The van der Waals surface area contributed by atoms with Crippen LogP contribution in [0.25, 0.3) is 0 Å². The van der Waals surface area contributed by atoms with Crippen LogP contribution in [-0.2, 0) is 32.9 Å². The highest BCUT2D eigenvalue weighted by molar-refractivity contribution is 7.46. The summed E-state index contributed by atoms with van der Waals surface area (Å²) in [4.78, 5) is 54.8. The maximum Gasteiger partial charge on any atom is 0.469 e. The highest BCUT2D eigenvalue weighted by Gasteiger charge is 2.23. The number of allylic oxidation sites excluding steroid dienone is 4. The molecule has 2 N–H and O–H groups in total. The van der Waals surface area contributed by atoms with E-state index < -0.39 is 32.5 Å². The zero-order valence-electron chi connectivity index (χ0n) is 33.4. The third kappa shape index (κ3) is 39.4. The van der Waals surface area contributed by atoms with Crippen molar-refractivity contribution in [3.63, 3.8) is 0 Å². The van der Waals surface area contributed by atoms with Gasteiger partial charge in [-0.1, -0.05) is 167 Å². The van der Waals surface area contributed by atoms with Crippen LogP contribution in [0.1, 0.15) is 201 Å². The van der Waals surface area contributed by atoms with Crippen LogP contribution in [0, 0.1) is 5.92 Å². The number of carbonyl (C=O) groups excluding carboxylic acids is 3. The van der Waals surface area contributed by atoms with Crippen molar-refractivity contribution in [1.29, 1.82) is 0 Å². The Kier molecular flexibility index (Phi) is 34.9. The van der Waals surface area contributed by atoms with Gasteiger partial charge in [-0.25, -0.2) is 4.57 Å². The molecule has 0 spiro atoms. The molecule has 0 aliphatic rings. The minimum Gasteiger partial charge on any atom is -0.462 e. The second-order valence-electron chi connectivity index (χ2n) is 14.8. The molecule has 0 saturated carbocycles. The lowest BCUT2D eigenvalue weighted by Gasteiger charge is -2.18. The van der Waals surface area contributed by atoms with Gasteiger partial charge in [0.05, 0.1) is 6.61 Å². The summed E-state index contributed by atoms with van der Waals surface area (Å²) in [6.07, 6.45) is 35.8. The fraction of sp³-hybridized carbons (Fsp3) is 0.833. The maximum absolute atomic E-state index is 12.4. The van der Waals surface area contributed by atoms with Gasteiger partial charge in [-0.15, -0.1) is 0 Å². The summed E-state index contributed by atoms with van der Waals surface area (Å²) in [7, 11) is -4.78. The van der Waals surface area contributed by atoms with E-state index in [0.29, 0.717) is 19.3 Å². The Hall–Kier alpha value is -1.80. The van der Waals surface area contributed by atoms with Crippen LogP contribution >= 0.6 is 7.82 Å². The first-order valence-corrected chi connectivity index (χ1v) is 22.5. The molecule has 0 heterocycles. The van der Waals surface area contributed by atoms with Crippen molar-refractivity contribution in [2.45, 2.75) is 207 Å². The molecule has 0 radical (unpaired) electrons. The number of esters is 2. The van der Waals surface area contributed by atoms with Gasteiger partial charge in [0, 0.05) is 19.3 Å². The quantitative estimate of drug-likeness (QED) is 0.0207. The van der Waals surface area contributed by atoms with Crippen LogP contribution in [-0.4, -0.2) is 46.8 Å². The highest BCUT2D eigenvalue weighted by atomic mass is 31.2. The molecule has 1 atom stereocenters. The Bertz CT molecular complexity index is 973. The van der Waals surface area contributed by atoms with Gasteiger partial charge >= 0.3 is 19.8 Å². The molecule has 304 valence electrons. The summed E-state index contributed by atoms with van der Waals surface area (Å²) < 4.78 is 26.3. The fourth-order valence-electron chi connectivity index (χ4n) is 5.95. The van der Waals surface area contributed by atoms with Gasteiger partial charge < -0.3 is 19.3 Å². The zero-order valence-corrected chi connectivity index (χ0v) is 34.3. The smallest absolute Gasteiger partial charge is 0.462 e. The minimum absolute atomic E-state index is 0.120. The molecule has 0 unspecified atom stereocenters. The first-order valence-electron chi connectivity index (χ1n) is 20.9. The van der Waals surface area contributed by atoms with E-state index in [0.717, 1.165) is 57.3 Å². The minimum atomic E-state index is -4.78. The van der Waals surface area contributed by atoms with Crippen LogP contribution < -0.4 is 0 Å². The van der Waals surface area contributed by atoms with Crippen molar-refractivity contribution in [2.75, 3.05) is 13.2 Å². The van der Waals surface area contributed by atoms with Crippen molar-refractivity contribution in [3.8, 4) is 0 Å². The normalized spacial score (nSPS) is 12.7. The zero-order chi connectivity index (χ0) is 38.5. The molecule has 9 nitrogen and oxygen atoms in total. The standard InChI is InChI=1S/C42H77O9P/c1-4-5-6-7-17-22-27-32-39(43)33-28-23-20-25-29-34-41(44)49-36-40(37-50-52(46,47)48)51-42(45)35-30-24-19-16-14-12-10-8-9-11-13-15-18-21-26-31-38(2)3/h17,22,27,32,38,40H,4-16,18-21,23-26,28-31,33-37H2,1-3H3,(H2,46,47,48)/b22-17-,32-27+/t40-/m1/s1. The molecule has 0 fully saturated rings. The van der Waals surface area contributed by atoms with Gasteiger partial charge in [0.25, 0.3) is 0 Å². The van der Waals surface area contributed by atoms with E-state index in [1.807, 2.05) is 12.2 Å². The lowest BCUT2D eigenvalue weighted by Crippen LogP contribution is -2.29. The maximum atomic E-state index is 12.4. The third-order valence-corrected chi connectivity index (χ3v) is 9.61. The van der Waals surface area contributed by atoms with Crippen molar-refractivity contribution in [1.82, 2.24) is 0 Å². The monoisotopic (exact) mass is 757 g/mol. The lowest BCUT2D eigenvalue weighted by molar-refractivity contribution is -0.161. The van der Waals surface area contributed by atoms with Gasteiger partial charge in [0.1, 0.15) is 6.61 Å². The molecule has 52 heavy (non-hydrogen) atoms. The predicted octanol–water partition coefficient (Wildman–Crippen LogP) is 11.8. The molecule has 0 bridgehead atoms. The number of ketones is 1. The van der Waals surface area contributed by atoms with Crippen LogP contribution in [0.4, 0.5) is 0 Å². The number of carbonyl (C=O) groups is 3. The Morgan fingerprint density at radius 2 is 1.08 bits per heavy atom. The molecule has 0 amide bonds. The SMILES string of the molecule is CCCCC/C=C\C=C\C(=O)CCCCCCCC(=O)OC[C@H](COP(=O)(O)O)OC(=O)CCCCCCCCCCCCCCCCCC(C)C. The summed E-state index contributed by atoms with van der Waals surface area (Å²) >= 11 is 0. The first-order chi connectivity index (χ1) is 25.0. The summed E-state index contributed by atoms with van der Waals surface area (Å²) in [5.41, 5.74) is 0. The molecular weight excluding hydrogens is 679 g/mol. The highest BCUT2D eigenvalue weighted by Crippen LogP contribution is 2.36. The molecule has 0 aromatic heterocycles. The summed E-state index contributed by atoms with van der Waals surface area (Å²) in [6, 6.07) is 0. The van der Waals surface area contributed by atoms with Crippen LogP contribution in [0.3, 0.4) is 0 Å². The predicted molar refractivity (Wildman–Crippen MR) is 212 cm³/mol. The van der Waals surface area contributed by atoms with Gasteiger partial charge in [-0.2, -0.15) is 0 Å². The number of hydrogen-bond donors (Lipinski definition) is 2. The molecule has 0 aromatic rings. The Morgan fingerprint density at radius 3 is 1.58 bits per heavy atom. The van der Waals surface area contributed by atoms with Crippen molar-refractivity contribution < 1.29 is 42.7 Å². The summed E-state index contributed by atoms with van der Waals surface area (Å²) in [5.74, 6) is -0.0209. The van der Waals surface area contributed by atoms with E-state index in [2.05, 4.69) is 31.4 Å². The van der Waals surface area contributed by atoms with E-state index in [1.165, 1.54) is 96.3 Å². The van der Waals surface area contributed by atoms with Gasteiger partial charge in [0.15, 0.2) is 11.9 Å². The number of hydrogen-bond acceptors (Lipinski definition) is 7. The number of ether oxygens (including phenoxy) is 2. The van der Waals surface area contributed by atoms with Gasteiger partial charge in [-0.05, 0) is 44.1 Å². The molecular formula is C42H77O9P. The van der Waals surface area contributed by atoms with Crippen molar-refractivity contribution >= 4 is 25.5 Å². The third-order valence-electron chi connectivity index (χ3n) is 9.13. The van der Waals surface area contributed by atoms with Crippen LogP contribution in [0.5, 0.6) is 0 Å². The number of rotatable bonds is 38. The van der Waals surface area contributed by atoms with E-state index in [4.69, 9.17) is 19.3 Å². The molecule has 10 heteroatoms. The van der Waals surface area contributed by atoms with E-state index in [9.17, 15) is 18.9 Å². The van der Waals surface area contributed by atoms with Crippen molar-refractivity contribution in [2.24, 2.45) is 5.92 Å². The Labute approximate surface area is 317 Å². The molecule has 0 aliphatic heterocycles.